The molecule has 0 bridgehead atoms. The maximum atomic E-state index is 13.4. The lowest BCUT2D eigenvalue weighted by atomic mass is 9.98. The Labute approximate surface area is 182 Å². The summed E-state index contributed by atoms with van der Waals surface area (Å²) in [6, 6.07) is 17.6. The zero-order chi connectivity index (χ0) is 21.6. The van der Waals surface area contributed by atoms with E-state index in [1.54, 1.807) is 15.9 Å². The normalized spacial score (nSPS) is 22.4. The molecule has 1 atom stereocenters. The topological polar surface area (TPSA) is 60.9 Å². The number of para-hydroxylation sites is 1. The van der Waals surface area contributed by atoms with E-state index in [0.29, 0.717) is 43.2 Å². The molecule has 1 unspecified atom stereocenters. The Morgan fingerprint density at radius 3 is 2.52 bits per heavy atom. The first-order valence-electron chi connectivity index (χ1n) is 11.1. The molecule has 31 heavy (non-hydrogen) atoms. The number of carbonyl (C=O) groups excluding carboxylic acids is 3. The lowest BCUT2D eigenvalue weighted by molar-refractivity contribution is -0.132. The van der Waals surface area contributed by atoms with Crippen molar-refractivity contribution in [2.45, 2.75) is 57.3 Å². The summed E-state index contributed by atoms with van der Waals surface area (Å²) in [6.07, 6.45) is 3.32. The summed E-state index contributed by atoms with van der Waals surface area (Å²) in [5.74, 6) is -0.00201. The van der Waals surface area contributed by atoms with Gasteiger partial charge in [0, 0.05) is 32.0 Å². The van der Waals surface area contributed by atoms with Gasteiger partial charge in [-0.2, -0.15) is 0 Å². The van der Waals surface area contributed by atoms with Crippen molar-refractivity contribution in [2.24, 2.45) is 0 Å². The largest absolute Gasteiger partial charge is 0.335 e. The molecule has 0 spiro atoms. The molecule has 2 aromatic carbocycles. The highest BCUT2D eigenvalue weighted by atomic mass is 16.2. The number of carbonyl (C=O) groups is 3. The molecule has 1 saturated carbocycles. The smallest absolute Gasteiger partial charge is 0.257 e. The third-order valence-corrected chi connectivity index (χ3v) is 6.80. The van der Waals surface area contributed by atoms with Gasteiger partial charge in [-0.25, -0.2) is 0 Å². The predicted molar refractivity (Wildman–Crippen MR) is 117 cm³/mol. The average Bonchev–Trinajstić information content (AvgIpc) is 3.57. The van der Waals surface area contributed by atoms with Gasteiger partial charge in [0.15, 0.2) is 0 Å². The molecule has 0 aromatic heterocycles. The fourth-order valence-electron chi connectivity index (χ4n) is 4.98. The van der Waals surface area contributed by atoms with Crippen molar-refractivity contribution in [1.82, 2.24) is 9.80 Å². The van der Waals surface area contributed by atoms with Crippen LogP contribution in [0.1, 0.15) is 54.9 Å². The van der Waals surface area contributed by atoms with Crippen molar-refractivity contribution >= 4 is 23.4 Å². The molecule has 160 valence electrons. The van der Waals surface area contributed by atoms with E-state index < -0.39 is 5.66 Å². The van der Waals surface area contributed by atoms with Crippen LogP contribution in [0.25, 0.3) is 0 Å². The predicted octanol–water partition coefficient (Wildman–Crippen LogP) is 3.57. The summed E-state index contributed by atoms with van der Waals surface area (Å²) in [4.78, 5) is 44.7. The number of amides is 3. The van der Waals surface area contributed by atoms with Crippen LogP contribution in [0.4, 0.5) is 5.69 Å². The number of benzene rings is 2. The second-order valence-electron chi connectivity index (χ2n) is 8.91. The molecule has 2 aromatic rings. The number of nitrogens with zero attached hydrogens (tertiary/aromatic N) is 3. The van der Waals surface area contributed by atoms with E-state index in [-0.39, 0.29) is 24.1 Å². The van der Waals surface area contributed by atoms with E-state index in [0.717, 1.165) is 18.4 Å². The standard InChI is InChI=1S/C25H27N3O3/c1-25-15-13-23(30)28(25)21-10-6-5-9-20(21)24(31)27(25)16-14-22(29)26(19-11-12-19)17-18-7-3-2-4-8-18/h2-10,19H,11-17H2,1H3. The third kappa shape index (κ3) is 3.40. The van der Waals surface area contributed by atoms with Crippen LogP contribution in [0.5, 0.6) is 0 Å². The first kappa shape index (κ1) is 19.8. The first-order chi connectivity index (χ1) is 15.0. The summed E-state index contributed by atoms with van der Waals surface area (Å²) < 4.78 is 0. The van der Waals surface area contributed by atoms with Crippen LogP contribution in [-0.4, -0.2) is 45.8 Å². The van der Waals surface area contributed by atoms with Crippen LogP contribution >= 0.6 is 0 Å². The van der Waals surface area contributed by atoms with E-state index in [4.69, 9.17) is 0 Å². The Morgan fingerprint density at radius 2 is 1.77 bits per heavy atom. The highest BCUT2D eigenvalue weighted by Gasteiger charge is 2.53. The minimum Gasteiger partial charge on any atom is -0.335 e. The van der Waals surface area contributed by atoms with Crippen molar-refractivity contribution in [3.05, 3.63) is 65.7 Å². The summed E-state index contributed by atoms with van der Waals surface area (Å²) >= 11 is 0. The highest BCUT2D eigenvalue weighted by molar-refractivity contribution is 6.10. The van der Waals surface area contributed by atoms with E-state index in [2.05, 4.69) is 0 Å². The maximum absolute atomic E-state index is 13.4. The number of rotatable bonds is 6. The highest BCUT2D eigenvalue weighted by Crippen LogP contribution is 2.44. The van der Waals surface area contributed by atoms with E-state index in [9.17, 15) is 14.4 Å². The Bertz CT molecular complexity index is 1030. The van der Waals surface area contributed by atoms with Crippen LogP contribution in [0, 0.1) is 0 Å². The fraction of sp³-hybridized carbons (Fsp3) is 0.400. The molecule has 0 N–H and O–H groups in total. The Balaban J connectivity index is 1.36. The summed E-state index contributed by atoms with van der Waals surface area (Å²) in [7, 11) is 0. The summed E-state index contributed by atoms with van der Waals surface area (Å²) in [5, 5.41) is 0. The molecule has 2 fully saturated rings. The van der Waals surface area contributed by atoms with Crippen molar-refractivity contribution in [3.63, 3.8) is 0 Å². The first-order valence-corrected chi connectivity index (χ1v) is 11.1. The van der Waals surface area contributed by atoms with Gasteiger partial charge in [-0.1, -0.05) is 42.5 Å². The molecule has 6 heteroatoms. The molecule has 2 aliphatic heterocycles. The molecule has 5 rings (SSSR count). The SMILES string of the molecule is CC12CCC(=O)N1c1ccccc1C(=O)N2CCC(=O)N(Cc1ccccc1)C1CC1. The Morgan fingerprint density at radius 1 is 1.06 bits per heavy atom. The van der Waals surface area contributed by atoms with Crippen LogP contribution < -0.4 is 4.90 Å². The molecular weight excluding hydrogens is 390 g/mol. The molecule has 1 saturated heterocycles. The summed E-state index contributed by atoms with van der Waals surface area (Å²) in [6.45, 7) is 2.85. The molecule has 0 radical (unpaired) electrons. The second-order valence-corrected chi connectivity index (χ2v) is 8.91. The number of hydrogen-bond acceptors (Lipinski definition) is 3. The van der Waals surface area contributed by atoms with Crippen LogP contribution in [0.3, 0.4) is 0 Å². The van der Waals surface area contributed by atoms with Gasteiger partial charge in [0.25, 0.3) is 5.91 Å². The van der Waals surface area contributed by atoms with Crippen LogP contribution in [0.2, 0.25) is 0 Å². The van der Waals surface area contributed by atoms with E-state index >= 15 is 0 Å². The minimum absolute atomic E-state index is 0.0301. The fourth-order valence-corrected chi connectivity index (χ4v) is 4.98. The molecule has 3 aliphatic rings. The van der Waals surface area contributed by atoms with Crippen molar-refractivity contribution in [3.8, 4) is 0 Å². The lowest BCUT2D eigenvalue weighted by Gasteiger charge is -2.48. The van der Waals surface area contributed by atoms with Crippen molar-refractivity contribution in [1.29, 1.82) is 0 Å². The van der Waals surface area contributed by atoms with Crippen molar-refractivity contribution in [2.75, 3.05) is 11.4 Å². The molecule has 3 amide bonds. The quantitative estimate of drug-likeness (QED) is 0.722. The molecule has 1 aliphatic carbocycles. The van der Waals surface area contributed by atoms with Gasteiger partial charge in [0.2, 0.25) is 11.8 Å². The van der Waals surface area contributed by atoms with Gasteiger partial charge in [-0.05, 0) is 43.9 Å². The van der Waals surface area contributed by atoms with Gasteiger partial charge in [0.05, 0.1) is 11.3 Å². The lowest BCUT2D eigenvalue weighted by Crippen LogP contribution is -2.62. The van der Waals surface area contributed by atoms with Gasteiger partial charge in [-0.15, -0.1) is 0 Å². The van der Waals surface area contributed by atoms with Gasteiger partial charge in [0.1, 0.15) is 5.66 Å². The zero-order valence-corrected chi connectivity index (χ0v) is 17.8. The molecular formula is C25H27N3O3. The number of hydrogen-bond donors (Lipinski definition) is 0. The van der Waals surface area contributed by atoms with Gasteiger partial charge < -0.3 is 9.80 Å². The number of fused-ring (bicyclic) bond motifs is 3. The van der Waals surface area contributed by atoms with E-state index in [1.165, 1.54) is 0 Å². The number of anilines is 1. The van der Waals surface area contributed by atoms with Gasteiger partial charge >= 0.3 is 0 Å². The summed E-state index contributed by atoms with van der Waals surface area (Å²) in [5.41, 5.74) is 1.62. The third-order valence-electron chi connectivity index (χ3n) is 6.80. The maximum Gasteiger partial charge on any atom is 0.257 e. The molecule has 2 heterocycles. The molecule has 6 nitrogen and oxygen atoms in total. The minimum atomic E-state index is -0.716. The average molecular weight is 418 g/mol. The monoisotopic (exact) mass is 417 g/mol. The van der Waals surface area contributed by atoms with E-state index in [1.807, 2.05) is 60.4 Å². The van der Waals surface area contributed by atoms with Crippen LogP contribution in [0.15, 0.2) is 54.6 Å². The Kier molecular flexibility index (Phi) is 4.80. The van der Waals surface area contributed by atoms with Crippen molar-refractivity contribution < 1.29 is 14.4 Å². The zero-order valence-electron chi connectivity index (χ0n) is 17.8. The second kappa shape index (κ2) is 7.52. The van der Waals surface area contributed by atoms with Crippen LogP contribution in [-0.2, 0) is 16.1 Å². The Hall–Kier alpha value is -3.15. The van der Waals surface area contributed by atoms with Gasteiger partial charge in [-0.3, -0.25) is 19.3 Å².